The van der Waals surface area contributed by atoms with Crippen molar-refractivity contribution in [2.45, 2.75) is 46.1 Å². The first kappa shape index (κ1) is 14.3. The van der Waals surface area contributed by atoms with Gasteiger partial charge in [-0.2, -0.15) is 0 Å². The Morgan fingerprint density at radius 3 is 2.71 bits per heavy atom. The van der Waals surface area contributed by atoms with Crippen molar-refractivity contribution >= 4 is 6.03 Å². The normalized spacial score (nSPS) is 18.4. The lowest BCUT2D eigenvalue weighted by Crippen LogP contribution is -2.50. The van der Waals surface area contributed by atoms with Crippen LogP contribution < -0.4 is 5.32 Å². The summed E-state index contributed by atoms with van der Waals surface area (Å²) in [5.41, 5.74) is 0. The summed E-state index contributed by atoms with van der Waals surface area (Å²) in [6, 6.07) is 0.484. The number of hydrogen-bond acceptors (Lipinski definition) is 2. The second-order valence-corrected chi connectivity index (χ2v) is 4.80. The molecule has 17 heavy (non-hydrogen) atoms. The molecule has 0 aliphatic carbocycles. The number of nitrogens with zero attached hydrogens (tertiary/aromatic N) is 2. The van der Waals surface area contributed by atoms with E-state index in [0.29, 0.717) is 6.04 Å². The number of nitrogens with one attached hydrogen (secondary N) is 1. The highest BCUT2D eigenvalue weighted by Crippen LogP contribution is 2.10. The van der Waals surface area contributed by atoms with Gasteiger partial charge in [0.25, 0.3) is 0 Å². The van der Waals surface area contributed by atoms with Gasteiger partial charge in [-0.3, -0.25) is 0 Å². The van der Waals surface area contributed by atoms with Gasteiger partial charge in [-0.1, -0.05) is 13.8 Å². The van der Waals surface area contributed by atoms with E-state index in [9.17, 15) is 4.79 Å². The molecule has 1 rings (SSSR count). The minimum Gasteiger partial charge on any atom is -0.338 e. The smallest absolute Gasteiger partial charge is 0.317 e. The lowest BCUT2D eigenvalue weighted by Gasteiger charge is -2.33. The van der Waals surface area contributed by atoms with E-state index >= 15 is 0 Å². The molecule has 0 aromatic heterocycles. The number of carbonyl (C=O) groups is 1. The first-order valence-corrected chi connectivity index (χ1v) is 6.95. The molecule has 1 heterocycles. The van der Waals surface area contributed by atoms with Crippen LogP contribution in [0.1, 0.15) is 40.0 Å². The van der Waals surface area contributed by atoms with Gasteiger partial charge in [0.15, 0.2) is 0 Å². The monoisotopic (exact) mass is 241 g/mol. The lowest BCUT2D eigenvalue weighted by molar-refractivity contribution is 0.159. The van der Waals surface area contributed by atoms with E-state index in [1.165, 1.54) is 6.42 Å². The summed E-state index contributed by atoms with van der Waals surface area (Å²) >= 11 is 0. The number of hydrogen-bond donors (Lipinski definition) is 1. The van der Waals surface area contributed by atoms with Crippen LogP contribution in [0.15, 0.2) is 0 Å². The van der Waals surface area contributed by atoms with Crippen LogP contribution in [0.5, 0.6) is 0 Å². The van der Waals surface area contributed by atoms with E-state index in [1.807, 2.05) is 4.90 Å². The molecule has 1 saturated heterocycles. The fraction of sp³-hybridized carbons (Fsp3) is 0.923. The average Bonchev–Trinajstić information content (AvgIpc) is 2.35. The molecule has 100 valence electrons. The second kappa shape index (κ2) is 7.54. The van der Waals surface area contributed by atoms with Crippen molar-refractivity contribution in [3.8, 4) is 0 Å². The molecule has 0 aromatic rings. The maximum atomic E-state index is 11.6. The zero-order valence-corrected chi connectivity index (χ0v) is 11.5. The Morgan fingerprint density at radius 2 is 2.12 bits per heavy atom. The number of carbonyl (C=O) groups excluding carboxylic acids is 1. The third-order valence-corrected chi connectivity index (χ3v) is 3.64. The molecule has 1 aliphatic rings. The molecule has 1 aliphatic heterocycles. The van der Waals surface area contributed by atoms with Gasteiger partial charge in [-0.25, -0.2) is 4.79 Å². The second-order valence-electron chi connectivity index (χ2n) is 4.80. The molecule has 4 nitrogen and oxygen atoms in total. The SMILES string of the molecule is CCN(CC)CCCC(C)N1CCCNC1=O. The summed E-state index contributed by atoms with van der Waals surface area (Å²) in [6.45, 7) is 11.7. The first-order chi connectivity index (χ1) is 8.19. The molecular formula is C13H27N3O. The zero-order valence-electron chi connectivity index (χ0n) is 11.5. The van der Waals surface area contributed by atoms with Gasteiger partial charge >= 0.3 is 6.03 Å². The van der Waals surface area contributed by atoms with Gasteiger partial charge in [0.2, 0.25) is 0 Å². The topological polar surface area (TPSA) is 35.6 Å². The highest BCUT2D eigenvalue weighted by atomic mass is 16.2. The standard InChI is InChI=1S/C13H27N3O/c1-4-15(5-2)10-6-8-12(3)16-11-7-9-14-13(16)17/h12H,4-11H2,1-3H3,(H,14,17). The van der Waals surface area contributed by atoms with Gasteiger partial charge < -0.3 is 15.1 Å². The van der Waals surface area contributed by atoms with E-state index in [0.717, 1.165) is 45.6 Å². The molecule has 1 unspecified atom stereocenters. The average molecular weight is 241 g/mol. The third kappa shape index (κ3) is 4.54. The number of amides is 2. The van der Waals surface area contributed by atoms with Gasteiger partial charge in [0.1, 0.15) is 0 Å². The fourth-order valence-electron chi connectivity index (χ4n) is 2.37. The molecule has 4 heteroatoms. The van der Waals surface area contributed by atoms with E-state index in [2.05, 4.69) is 31.0 Å². The van der Waals surface area contributed by atoms with Crippen molar-refractivity contribution in [1.29, 1.82) is 0 Å². The summed E-state index contributed by atoms with van der Waals surface area (Å²) < 4.78 is 0. The predicted molar refractivity (Wildman–Crippen MR) is 71.2 cm³/mol. The molecule has 2 amide bonds. The third-order valence-electron chi connectivity index (χ3n) is 3.64. The van der Waals surface area contributed by atoms with Crippen LogP contribution in [-0.2, 0) is 0 Å². The summed E-state index contributed by atoms with van der Waals surface area (Å²) in [7, 11) is 0. The Labute approximate surface area is 105 Å². The van der Waals surface area contributed by atoms with Gasteiger partial charge in [-0.05, 0) is 45.8 Å². The van der Waals surface area contributed by atoms with Crippen molar-refractivity contribution in [3.05, 3.63) is 0 Å². The maximum absolute atomic E-state index is 11.6. The Hall–Kier alpha value is -0.770. The Bertz CT molecular complexity index is 229. The summed E-state index contributed by atoms with van der Waals surface area (Å²) in [6.07, 6.45) is 3.35. The lowest BCUT2D eigenvalue weighted by atomic mass is 10.1. The predicted octanol–water partition coefficient (Wildman–Crippen LogP) is 1.91. The van der Waals surface area contributed by atoms with Crippen LogP contribution in [0.2, 0.25) is 0 Å². The fourth-order valence-corrected chi connectivity index (χ4v) is 2.37. The van der Waals surface area contributed by atoms with Crippen molar-refractivity contribution < 1.29 is 4.79 Å². The molecule has 0 aromatic carbocycles. The molecule has 0 bridgehead atoms. The van der Waals surface area contributed by atoms with Gasteiger partial charge in [0.05, 0.1) is 0 Å². The van der Waals surface area contributed by atoms with Crippen molar-refractivity contribution in [3.63, 3.8) is 0 Å². The summed E-state index contributed by atoms with van der Waals surface area (Å²) in [5.74, 6) is 0. The highest BCUT2D eigenvalue weighted by molar-refractivity contribution is 5.75. The van der Waals surface area contributed by atoms with Gasteiger partial charge in [-0.15, -0.1) is 0 Å². The van der Waals surface area contributed by atoms with Crippen LogP contribution in [0.4, 0.5) is 4.79 Å². The molecule has 1 fully saturated rings. The van der Waals surface area contributed by atoms with Crippen LogP contribution in [-0.4, -0.2) is 54.6 Å². The van der Waals surface area contributed by atoms with Crippen LogP contribution in [0.3, 0.4) is 0 Å². The minimum absolute atomic E-state index is 0.117. The van der Waals surface area contributed by atoms with Gasteiger partial charge in [0, 0.05) is 19.1 Å². The molecule has 1 atom stereocenters. The van der Waals surface area contributed by atoms with Crippen LogP contribution in [0, 0.1) is 0 Å². The highest BCUT2D eigenvalue weighted by Gasteiger charge is 2.22. The minimum atomic E-state index is 0.117. The van der Waals surface area contributed by atoms with Crippen molar-refractivity contribution in [2.24, 2.45) is 0 Å². The molecule has 0 radical (unpaired) electrons. The molecule has 0 spiro atoms. The van der Waals surface area contributed by atoms with Crippen LogP contribution in [0.25, 0.3) is 0 Å². The Morgan fingerprint density at radius 1 is 1.41 bits per heavy atom. The van der Waals surface area contributed by atoms with Crippen LogP contribution >= 0.6 is 0 Å². The molecule has 1 N–H and O–H groups in total. The van der Waals surface area contributed by atoms with E-state index in [4.69, 9.17) is 0 Å². The largest absolute Gasteiger partial charge is 0.338 e. The summed E-state index contributed by atoms with van der Waals surface area (Å²) in [5, 5.41) is 2.91. The quantitative estimate of drug-likeness (QED) is 0.739. The van der Waals surface area contributed by atoms with Crippen molar-refractivity contribution in [1.82, 2.24) is 15.1 Å². The summed E-state index contributed by atoms with van der Waals surface area (Å²) in [4.78, 5) is 16.1. The molecule has 0 saturated carbocycles. The number of urea groups is 1. The Kier molecular flexibility index (Phi) is 6.34. The van der Waals surface area contributed by atoms with Crippen molar-refractivity contribution in [2.75, 3.05) is 32.7 Å². The molecular weight excluding hydrogens is 214 g/mol. The zero-order chi connectivity index (χ0) is 12.7. The van der Waals surface area contributed by atoms with E-state index < -0.39 is 0 Å². The number of rotatable bonds is 7. The first-order valence-electron chi connectivity index (χ1n) is 6.95. The Balaban J connectivity index is 2.23. The van der Waals surface area contributed by atoms with E-state index in [1.54, 1.807) is 0 Å². The maximum Gasteiger partial charge on any atom is 0.317 e. The van der Waals surface area contributed by atoms with E-state index in [-0.39, 0.29) is 6.03 Å².